The normalized spacial score (nSPS) is 19.8. The number of benzene rings is 1. The minimum atomic E-state index is 0.126. The minimum Gasteiger partial charge on any atom is -0.379 e. The zero-order valence-corrected chi connectivity index (χ0v) is 18.0. The molecule has 1 aliphatic heterocycles. The van der Waals surface area contributed by atoms with Gasteiger partial charge in [0, 0.05) is 43.6 Å². The molecule has 2 aromatic heterocycles. The van der Waals surface area contributed by atoms with Gasteiger partial charge in [-0.05, 0) is 30.4 Å². The van der Waals surface area contributed by atoms with Crippen LogP contribution in [-0.4, -0.2) is 53.3 Å². The zero-order chi connectivity index (χ0) is 20.3. The van der Waals surface area contributed by atoms with Gasteiger partial charge in [0.25, 0.3) is 5.56 Å². The van der Waals surface area contributed by atoms with Crippen molar-refractivity contribution in [3.8, 4) is 0 Å². The van der Waals surface area contributed by atoms with Crippen LogP contribution in [0.4, 0.5) is 0 Å². The third-order valence-corrected chi connectivity index (χ3v) is 7.40. The number of morpholine rings is 1. The van der Waals surface area contributed by atoms with Crippen LogP contribution in [0, 0.1) is 0 Å². The molecule has 1 N–H and O–H groups in total. The number of aryl methyl sites for hydroxylation is 1. The van der Waals surface area contributed by atoms with Crippen LogP contribution in [0.5, 0.6) is 0 Å². The number of nitrogens with one attached hydrogen (secondary N) is 1. The molecular formula is C23H28N4O2S. The smallest absolute Gasteiger partial charge is 0.262 e. The first-order chi connectivity index (χ1) is 14.8. The first-order valence-corrected chi connectivity index (χ1v) is 11.7. The van der Waals surface area contributed by atoms with Gasteiger partial charge in [-0.3, -0.25) is 14.3 Å². The summed E-state index contributed by atoms with van der Waals surface area (Å²) in [6.45, 7) is 5.89. The maximum Gasteiger partial charge on any atom is 0.262 e. The summed E-state index contributed by atoms with van der Waals surface area (Å²) in [4.78, 5) is 22.4. The second-order valence-corrected chi connectivity index (χ2v) is 9.27. The highest BCUT2D eigenvalue weighted by Gasteiger charge is 2.25. The molecule has 0 radical (unpaired) electrons. The number of hydrogen-bond acceptors (Lipinski definition) is 6. The first-order valence-electron chi connectivity index (χ1n) is 10.8. The van der Waals surface area contributed by atoms with Crippen LogP contribution in [0.1, 0.15) is 22.4 Å². The predicted molar refractivity (Wildman–Crippen MR) is 120 cm³/mol. The van der Waals surface area contributed by atoms with Gasteiger partial charge >= 0.3 is 0 Å². The quantitative estimate of drug-likeness (QED) is 0.659. The molecule has 158 valence electrons. The Balaban J connectivity index is 1.29. The predicted octanol–water partition coefficient (Wildman–Crippen LogP) is 2.44. The number of ether oxygens (including phenoxy) is 1. The summed E-state index contributed by atoms with van der Waals surface area (Å²) in [5, 5.41) is 4.55. The van der Waals surface area contributed by atoms with Gasteiger partial charge in [-0.25, -0.2) is 4.98 Å². The van der Waals surface area contributed by atoms with E-state index in [4.69, 9.17) is 4.74 Å². The molecule has 1 aromatic carbocycles. The fraction of sp³-hybridized carbons (Fsp3) is 0.478. The number of aromatic nitrogens is 2. The van der Waals surface area contributed by atoms with Gasteiger partial charge in [0.1, 0.15) is 4.83 Å². The number of thiophene rings is 1. The average Bonchev–Trinajstić information content (AvgIpc) is 3.17. The summed E-state index contributed by atoms with van der Waals surface area (Å²) in [7, 11) is 0. The van der Waals surface area contributed by atoms with E-state index in [0.29, 0.717) is 12.6 Å². The highest BCUT2D eigenvalue weighted by Crippen LogP contribution is 2.33. The Kier molecular flexibility index (Phi) is 5.95. The summed E-state index contributed by atoms with van der Waals surface area (Å²) in [5.41, 5.74) is 2.68. The molecule has 2 aliphatic rings. The fourth-order valence-electron chi connectivity index (χ4n) is 4.47. The molecule has 3 aromatic rings. The van der Waals surface area contributed by atoms with Crippen LogP contribution in [0.25, 0.3) is 10.2 Å². The van der Waals surface area contributed by atoms with Crippen molar-refractivity contribution < 1.29 is 4.74 Å². The Morgan fingerprint density at radius 3 is 2.83 bits per heavy atom. The molecule has 0 amide bonds. The Bertz CT molecular complexity index is 1060. The van der Waals surface area contributed by atoms with E-state index in [1.165, 1.54) is 16.0 Å². The molecule has 7 heteroatoms. The molecule has 3 heterocycles. The Morgan fingerprint density at radius 1 is 1.17 bits per heavy atom. The molecule has 0 spiro atoms. The van der Waals surface area contributed by atoms with E-state index >= 15 is 0 Å². The van der Waals surface area contributed by atoms with Gasteiger partial charge in [-0.1, -0.05) is 30.3 Å². The van der Waals surface area contributed by atoms with E-state index in [0.717, 1.165) is 68.9 Å². The van der Waals surface area contributed by atoms with Gasteiger partial charge in [0.2, 0.25) is 0 Å². The van der Waals surface area contributed by atoms with Crippen molar-refractivity contribution in [3.05, 3.63) is 63.0 Å². The van der Waals surface area contributed by atoms with Crippen LogP contribution >= 0.6 is 11.3 Å². The molecule has 0 bridgehead atoms. The number of rotatable bonds is 6. The number of hydrogen-bond donors (Lipinski definition) is 1. The molecule has 1 unspecified atom stereocenters. The van der Waals surface area contributed by atoms with Crippen molar-refractivity contribution in [3.63, 3.8) is 0 Å². The van der Waals surface area contributed by atoms with Gasteiger partial charge in [0.15, 0.2) is 0 Å². The van der Waals surface area contributed by atoms with Gasteiger partial charge in [0.05, 0.1) is 24.9 Å². The van der Waals surface area contributed by atoms with E-state index in [-0.39, 0.29) is 5.56 Å². The minimum absolute atomic E-state index is 0.126. The summed E-state index contributed by atoms with van der Waals surface area (Å²) < 4.78 is 7.21. The summed E-state index contributed by atoms with van der Waals surface area (Å²) in [5.74, 6) is 0. The topological polar surface area (TPSA) is 59.4 Å². The summed E-state index contributed by atoms with van der Waals surface area (Å²) in [6.07, 6.45) is 4.73. The first kappa shape index (κ1) is 19.9. The largest absolute Gasteiger partial charge is 0.379 e. The average molecular weight is 425 g/mol. The lowest BCUT2D eigenvalue weighted by molar-refractivity contribution is 0.0362. The van der Waals surface area contributed by atoms with Crippen molar-refractivity contribution in [1.29, 1.82) is 0 Å². The lowest BCUT2D eigenvalue weighted by atomic mass is 9.93. The van der Waals surface area contributed by atoms with Crippen molar-refractivity contribution in [2.24, 2.45) is 0 Å². The number of fused-ring (bicyclic) bond motifs is 3. The molecule has 5 rings (SSSR count). The number of nitrogens with zero attached hydrogens (tertiary/aromatic N) is 3. The van der Waals surface area contributed by atoms with Crippen LogP contribution in [0.2, 0.25) is 0 Å². The van der Waals surface area contributed by atoms with Crippen LogP contribution < -0.4 is 10.9 Å². The van der Waals surface area contributed by atoms with E-state index in [2.05, 4.69) is 39.5 Å². The summed E-state index contributed by atoms with van der Waals surface area (Å²) >= 11 is 1.70. The van der Waals surface area contributed by atoms with E-state index in [9.17, 15) is 4.79 Å². The zero-order valence-electron chi connectivity index (χ0n) is 17.2. The monoisotopic (exact) mass is 424 g/mol. The Labute approximate surface area is 180 Å². The van der Waals surface area contributed by atoms with Crippen LogP contribution in [-0.2, 0) is 30.7 Å². The van der Waals surface area contributed by atoms with Crippen LogP contribution in [0.15, 0.2) is 41.5 Å². The fourth-order valence-corrected chi connectivity index (χ4v) is 5.72. The maximum atomic E-state index is 13.2. The Hall–Kier alpha value is -2.06. The SMILES string of the molecule is O=c1c2c3c(sc2ncn1CCN1CCOCC1)CC(NCc1ccccc1)CC3. The van der Waals surface area contributed by atoms with Crippen molar-refractivity contribution in [2.75, 3.05) is 32.8 Å². The highest BCUT2D eigenvalue weighted by molar-refractivity contribution is 7.18. The Morgan fingerprint density at radius 2 is 2.00 bits per heavy atom. The third-order valence-electron chi connectivity index (χ3n) is 6.23. The van der Waals surface area contributed by atoms with Crippen molar-refractivity contribution in [1.82, 2.24) is 19.8 Å². The molecule has 30 heavy (non-hydrogen) atoms. The van der Waals surface area contributed by atoms with Crippen LogP contribution in [0.3, 0.4) is 0 Å². The lowest BCUT2D eigenvalue weighted by Gasteiger charge is -2.26. The van der Waals surface area contributed by atoms with Gasteiger partial charge in [-0.15, -0.1) is 11.3 Å². The molecule has 6 nitrogen and oxygen atoms in total. The molecule has 1 atom stereocenters. The molecule has 0 saturated carbocycles. The standard InChI is InChI=1S/C23H28N4O2S/c28-23-21-19-7-6-18(24-15-17-4-2-1-3-5-17)14-20(19)30-22(21)25-16-27(23)9-8-26-10-12-29-13-11-26/h1-5,16,18,24H,6-15H2. The summed E-state index contributed by atoms with van der Waals surface area (Å²) in [6, 6.07) is 11.0. The highest BCUT2D eigenvalue weighted by atomic mass is 32.1. The second-order valence-electron chi connectivity index (χ2n) is 8.19. The molecule has 1 saturated heterocycles. The third kappa shape index (κ3) is 4.21. The maximum absolute atomic E-state index is 13.2. The lowest BCUT2D eigenvalue weighted by Crippen LogP contribution is -2.39. The van der Waals surface area contributed by atoms with E-state index in [1.807, 2.05) is 6.07 Å². The van der Waals surface area contributed by atoms with Gasteiger partial charge < -0.3 is 10.1 Å². The molecule has 1 fully saturated rings. The van der Waals surface area contributed by atoms with Gasteiger partial charge in [-0.2, -0.15) is 0 Å². The van der Waals surface area contributed by atoms with Crippen molar-refractivity contribution in [2.45, 2.75) is 38.4 Å². The second kappa shape index (κ2) is 8.98. The molecular weight excluding hydrogens is 396 g/mol. The van der Waals surface area contributed by atoms with E-state index < -0.39 is 0 Å². The molecule has 1 aliphatic carbocycles. The van der Waals surface area contributed by atoms with E-state index in [1.54, 1.807) is 22.2 Å². The van der Waals surface area contributed by atoms with Crippen molar-refractivity contribution >= 4 is 21.6 Å².